The normalized spacial score (nSPS) is 11.4. The molecule has 2 aromatic heterocycles. The molecular weight excluding hydrogens is 574 g/mol. The summed E-state index contributed by atoms with van der Waals surface area (Å²) in [6.07, 6.45) is 0. The molecule has 0 bridgehead atoms. The predicted octanol–water partition coefficient (Wildman–Crippen LogP) is 11.3. The monoisotopic (exact) mass is 601 g/mol. The van der Waals surface area contributed by atoms with E-state index in [-0.39, 0.29) is 0 Å². The van der Waals surface area contributed by atoms with E-state index < -0.39 is 0 Å². The molecule has 0 unspecified atom stereocenters. The summed E-state index contributed by atoms with van der Waals surface area (Å²) in [7, 11) is 0. The number of hydrogen-bond donors (Lipinski definition) is 0. The highest BCUT2D eigenvalue weighted by Gasteiger charge is 2.17. The standard InChI is InChI=1S/C43H27N3O/c1-3-12-30(13-4-1)41-44-42(31-14-5-2-6-15-31)46-43(45-41)32-22-20-29(21-23-32)37-26-35(34-24-19-28-11-7-8-16-33(28)25-34)27-39-40(37)36-17-9-10-18-38(36)47-39/h1-27H. The minimum absolute atomic E-state index is 0.632. The maximum absolute atomic E-state index is 6.44. The molecule has 0 aliphatic rings. The number of hydrogen-bond acceptors (Lipinski definition) is 4. The molecule has 0 atom stereocenters. The third kappa shape index (κ3) is 4.93. The van der Waals surface area contributed by atoms with Crippen molar-refractivity contribution in [3.8, 4) is 56.4 Å². The van der Waals surface area contributed by atoms with Gasteiger partial charge in [0.25, 0.3) is 0 Å². The lowest BCUT2D eigenvalue weighted by atomic mass is 9.93. The summed E-state index contributed by atoms with van der Waals surface area (Å²) < 4.78 is 6.44. The second-order valence-electron chi connectivity index (χ2n) is 11.7. The zero-order chi connectivity index (χ0) is 31.2. The molecule has 0 spiro atoms. The average molecular weight is 602 g/mol. The Kier molecular flexibility index (Phi) is 6.43. The van der Waals surface area contributed by atoms with E-state index in [9.17, 15) is 0 Å². The number of aromatic nitrogens is 3. The Hall–Kier alpha value is -6.39. The van der Waals surface area contributed by atoms with Crippen molar-refractivity contribution >= 4 is 32.7 Å². The van der Waals surface area contributed by atoms with Gasteiger partial charge in [0, 0.05) is 27.5 Å². The highest BCUT2D eigenvalue weighted by atomic mass is 16.3. The van der Waals surface area contributed by atoms with Gasteiger partial charge in [0.1, 0.15) is 11.2 Å². The number of benzene rings is 7. The predicted molar refractivity (Wildman–Crippen MR) is 192 cm³/mol. The van der Waals surface area contributed by atoms with Gasteiger partial charge in [-0.15, -0.1) is 0 Å². The molecule has 4 heteroatoms. The van der Waals surface area contributed by atoms with Crippen LogP contribution in [-0.2, 0) is 0 Å². The number of furan rings is 1. The van der Waals surface area contributed by atoms with Crippen molar-refractivity contribution in [3.63, 3.8) is 0 Å². The van der Waals surface area contributed by atoms with Gasteiger partial charge in [-0.1, -0.05) is 140 Å². The molecule has 4 nitrogen and oxygen atoms in total. The third-order valence-corrected chi connectivity index (χ3v) is 8.71. The van der Waals surface area contributed by atoms with Gasteiger partial charge in [-0.05, 0) is 57.3 Å². The van der Waals surface area contributed by atoms with Gasteiger partial charge in [0.15, 0.2) is 17.5 Å². The van der Waals surface area contributed by atoms with E-state index in [1.54, 1.807) is 0 Å². The molecule has 0 saturated carbocycles. The molecule has 0 radical (unpaired) electrons. The minimum atomic E-state index is 0.632. The van der Waals surface area contributed by atoms with Crippen LogP contribution in [0.5, 0.6) is 0 Å². The molecule has 0 aliphatic carbocycles. The summed E-state index contributed by atoms with van der Waals surface area (Å²) in [6, 6.07) is 56.4. The van der Waals surface area contributed by atoms with Gasteiger partial charge >= 0.3 is 0 Å². The second kappa shape index (κ2) is 11.2. The van der Waals surface area contributed by atoms with E-state index in [4.69, 9.17) is 19.4 Å². The van der Waals surface area contributed by atoms with Crippen molar-refractivity contribution in [2.24, 2.45) is 0 Å². The van der Waals surface area contributed by atoms with Crippen LogP contribution in [0.25, 0.3) is 89.1 Å². The lowest BCUT2D eigenvalue weighted by molar-refractivity contribution is 0.669. The zero-order valence-corrected chi connectivity index (χ0v) is 25.3. The molecule has 0 saturated heterocycles. The van der Waals surface area contributed by atoms with Crippen LogP contribution in [0.3, 0.4) is 0 Å². The Morgan fingerprint density at radius 1 is 0.340 bits per heavy atom. The summed E-state index contributed by atoms with van der Waals surface area (Å²) in [4.78, 5) is 14.7. The quantitative estimate of drug-likeness (QED) is 0.197. The molecule has 0 aliphatic heterocycles. The SMILES string of the molecule is c1ccc(-c2nc(-c3ccccc3)nc(-c3ccc(-c4cc(-c5ccc6ccccc6c5)cc5oc6ccccc6c45)cc3)n2)cc1. The number of rotatable bonds is 5. The summed E-state index contributed by atoms with van der Waals surface area (Å²) in [5.74, 6) is 1.93. The van der Waals surface area contributed by atoms with Crippen LogP contribution in [0.15, 0.2) is 168 Å². The highest BCUT2D eigenvalue weighted by Crippen LogP contribution is 2.41. The van der Waals surface area contributed by atoms with Crippen LogP contribution in [0.2, 0.25) is 0 Å². The fourth-order valence-electron chi connectivity index (χ4n) is 6.35. The largest absolute Gasteiger partial charge is 0.456 e. The number of para-hydroxylation sites is 1. The average Bonchev–Trinajstić information content (AvgIpc) is 3.53. The van der Waals surface area contributed by atoms with E-state index in [1.807, 2.05) is 72.8 Å². The van der Waals surface area contributed by atoms with Crippen molar-refractivity contribution in [2.75, 3.05) is 0 Å². The lowest BCUT2D eigenvalue weighted by Gasteiger charge is -2.11. The van der Waals surface area contributed by atoms with Gasteiger partial charge in [0.05, 0.1) is 0 Å². The molecule has 0 amide bonds. The van der Waals surface area contributed by atoms with Gasteiger partial charge in [0.2, 0.25) is 0 Å². The first-order valence-electron chi connectivity index (χ1n) is 15.7. The zero-order valence-electron chi connectivity index (χ0n) is 25.3. The van der Waals surface area contributed by atoms with Gasteiger partial charge in [-0.25, -0.2) is 15.0 Å². The molecule has 7 aromatic carbocycles. The Bertz CT molecular complexity index is 2500. The van der Waals surface area contributed by atoms with E-state index in [2.05, 4.69) is 91.0 Å². The van der Waals surface area contributed by atoms with E-state index in [0.717, 1.165) is 60.9 Å². The highest BCUT2D eigenvalue weighted by molar-refractivity contribution is 6.13. The van der Waals surface area contributed by atoms with E-state index in [0.29, 0.717) is 17.5 Å². The Balaban J connectivity index is 1.19. The van der Waals surface area contributed by atoms with Gasteiger partial charge < -0.3 is 4.42 Å². The van der Waals surface area contributed by atoms with Crippen LogP contribution >= 0.6 is 0 Å². The van der Waals surface area contributed by atoms with Crippen molar-refractivity contribution < 1.29 is 4.42 Å². The molecule has 0 N–H and O–H groups in total. The van der Waals surface area contributed by atoms with Crippen LogP contribution in [0, 0.1) is 0 Å². The number of fused-ring (bicyclic) bond motifs is 4. The molecule has 220 valence electrons. The van der Waals surface area contributed by atoms with E-state index >= 15 is 0 Å². The molecule has 0 fully saturated rings. The first kappa shape index (κ1) is 27.0. The lowest BCUT2D eigenvalue weighted by Crippen LogP contribution is -2.00. The summed E-state index contributed by atoms with van der Waals surface area (Å²) in [5, 5.41) is 4.64. The van der Waals surface area contributed by atoms with Crippen molar-refractivity contribution in [2.45, 2.75) is 0 Å². The van der Waals surface area contributed by atoms with Crippen molar-refractivity contribution in [1.29, 1.82) is 0 Å². The topological polar surface area (TPSA) is 51.8 Å². The molecule has 9 rings (SSSR count). The number of nitrogens with zero attached hydrogens (tertiary/aromatic N) is 3. The Morgan fingerprint density at radius 3 is 1.55 bits per heavy atom. The van der Waals surface area contributed by atoms with Crippen LogP contribution in [0.4, 0.5) is 0 Å². The third-order valence-electron chi connectivity index (χ3n) is 8.71. The van der Waals surface area contributed by atoms with Crippen molar-refractivity contribution in [3.05, 3.63) is 164 Å². The fraction of sp³-hybridized carbons (Fsp3) is 0. The van der Waals surface area contributed by atoms with Gasteiger partial charge in [-0.2, -0.15) is 0 Å². The fourth-order valence-corrected chi connectivity index (χ4v) is 6.35. The van der Waals surface area contributed by atoms with Crippen LogP contribution in [-0.4, -0.2) is 15.0 Å². The summed E-state index contributed by atoms with van der Waals surface area (Å²) in [6.45, 7) is 0. The maximum atomic E-state index is 6.44. The van der Waals surface area contributed by atoms with Crippen LogP contribution < -0.4 is 0 Å². The summed E-state index contributed by atoms with van der Waals surface area (Å²) >= 11 is 0. The minimum Gasteiger partial charge on any atom is -0.456 e. The Morgan fingerprint density at radius 2 is 0.872 bits per heavy atom. The molecular formula is C43H27N3O. The molecule has 2 heterocycles. The van der Waals surface area contributed by atoms with Gasteiger partial charge in [-0.3, -0.25) is 0 Å². The smallest absolute Gasteiger partial charge is 0.164 e. The molecule has 47 heavy (non-hydrogen) atoms. The molecule has 9 aromatic rings. The van der Waals surface area contributed by atoms with Crippen molar-refractivity contribution in [1.82, 2.24) is 15.0 Å². The first-order chi connectivity index (χ1) is 23.3. The summed E-state index contributed by atoms with van der Waals surface area (Å²) in [5.41, 5.74) is 9.03. The second-order valence-corrected chi connectivity index (χ2v) is 11.7. The Labute approximate surface area is 271 Å². The van der Waals surface area contributed by atoms with Crippen LogP contribution in [0.1, 0.15) is 0 Å². The van der Waals surface area contributed by atoms with E-state index in [1.165, 1.54) is 10.8 Å². The first-order valence-corrected chi connectivity index (χ1v) is 15.7. The maximum Gasteiger partial charge on any atom is 0.164 e.